The van der Waals surface area contributed by atoms with E-state index >= 15 is 0 Å². The Balaban J connectivity index is 0.00000484. The minimum atomic E-state index is -0.382. The van der Waals surface area contributed by atoms with Gasteiger partial charge in [-0.1, -0.05) is 23.2 Å². The van der Waals surface area contributed by atoms with Crippen LogP contribution in [0.4, 0.5) is 0 Å². The van der Waals surface area contributed by atoms with Crippen LogP contribution in [0.25, 0.3) is 0 Å². The van der Waals surface area contributed by atoms with E-state index in [1.165, 1.54) is 12.1 Å². The third-order valence-electron chi connectivity index (χ3n) is 2.70. The Kier molecular flexibility index (Phi) is 11.8. The summed E-state index contributed by atoms with van der Waals surface area (Å²) in [4.78, 5) is 23.4. The predicted octanol–water partition coefficient (Wildman–Crippen LogP) is 1.50. The molecule has 0 aliphatic carbocycles. The number of ether oxygens (including phenoxy) is 1. The highest BCUT2D eigenvalue weighted by Crippen LogP contribution is 2.22. The van der Waals surface area contributed by atoms with Crippen LogP contribution in [0.2, 0.25) is 10.0 Å². The van der Waals surface area contributed by atoms with E-state index in [9.17, 15) is 9.59 Å². The van der Waals surface area contributed by atoms with E-state index in [4.69, 9.17) is 27.9 Å². The number of hydrogen-bond donors (Lipinski definition) is 3. The van der Waals surface area contributed by atoms with E-state index < -0.39 is 0 Å². The Morgan fingerprint density at radius 3 is 2.48 bits per heavy atom. The fraction of sp³-hybridized carbons (Fsp3) is 0.429. The molecule has 3 N–H and O–H groups in total. The van der Waals surface area contributed by atoms with Gasteiger partial charge in [-0.15, -0.1) is 12.4 Å². The minimum absolute atomic E-state index is 0. The molecule has 2 amide bonds. The highest BCUT2D eigenvalue weighted by molar-refractivity contribution is 6.42. The number of nitrogens with one attached hydrogen (secondary N) is 3. The van der Waals surface area contributed by atoms with Crippen LogP contribution in [0.15, 0.2) is 18.2 Å². The van der Waals surface area contributed by atoms with Crippen LogP contribution in [0, 0.1) is 0 Å². The molecular weight excluding hydrogens is 365 g/mol. The first kappa shape index (κ1) is 21.9. The molecule has 6 nitrogen and oxygen atoms in total. The molecule has 1 aromatic rings. The van der Waals surface area contributed by atoms with Crippen molar-refractivity contribution in [2.75, 3.05) is 39.9 Å². The summed E-state index contributed by atoms with van der Waals surface area (Å²) >= 11 is 11.6. The Labute approximate surface area is 151 Å². The van der Waals surface area contributed by atoms with E-state index in [1.54, 1.807) is 13.2 Å². The van der Waals surface area contributed by atoms with Crippen molar-refractivity contribution in [2.45, 2.75) is 0 Å². The minimum Gasteiger partial charge on any atom is -0.383 e. The van der Waals surface area contributed by atoms with E-state index in [0.717, 1.165) is 6.54 Å². The van der Waals surface area contributed by atoms with Crippen molar-refractivity contribution in [3.63, 3.8) is 0 Å². The van der Waals surface area contributed by atoms with Crippen LogP contribution in [-0.4, -0.2) is 51.7 Å². The van der Waals surface area contributed by atoms with Gasteiger partial charge < -0.3 is 20.7 Å². The van der Waals surface area contributed by atoms with Gasteiger partial charge >= 0.3 is 0 Å². The van der Waals surface area contributed by atoms with Gasteiger partial charge in [-0.05, 0) is 18.2 Å². The molecule has 23 heavy (non-hydrogen) atoms. The molecular formula is C14H20Cl3N3O3. The molecule has 0 aliphatic rings. The summed E-state index contributed by atoms with van der Waals surface area (Å²) < 4.78 is 4.88. The maximum Gasteiger partial charge on any atom is 0.251 e. The molecule has 0 saturated carbocycles. The van der Waals surface area contributed by atoms with Gasteiger partial charge in [-0.3, -0.25) is 9.59 Å². The quantitative estimate of drug-likeness (QED) is 0.564. The molecule has 0 fully saturated rings. The highest BCUT2D eigenvalue weighted by Gasteiger charge is 2.09. The lowest BCUT2D eigenvalue weighted by Crippen LogP contribution is -2.39. The van der Waals surface area contributed by atoms with Crippen molar-refractivity contribution >= 4 is 47.4 Å². The number of carbonyl (C=O) groups excluding carboxylic acids is 2. The van der Waals surface area contributed by atoms with Gasteiger partial charge in [0.25, 0.3) is 5.91 Å². The molecule has 0 spiro atoms. The third kappa shape index (κ3) is 8.98. The van der Waals surface area contributed by atoms with Crippen LogP contribution in [-0.2, 0) is 9.53 Å². The van der Waals surface area contributed by atoms with Gasteiger partial charge in [-0.2, -0.15) is 0 Å². The molecule has 1 rings (SSSR count). The average molecular weight is 385 g/mol. The summed E-state index contributed by atoms with van der Waals surface area (Å²) in [5, 5.41) is 8.95. The van der Waals surface area contributed by atoms with Crippen molar-refractivity contribution in [2.24, 2.45) is 0 Å². The largest absolute Gasteiger partial charge is 0.383 e. The van der Waals surface area contributed by atoms with Gasteiger partial charge in [0.05, 0.1) is 23.2 Å². The zero-order valence-corrected chi connectivity index (χ0v) is 15.0. The van der Waals surface area contributed by atoms with E-state index in [1.807, 2.05) is 0 Å². The maximum absolute atomic E-state index is 11.8. The second-order valence-corrected chi connectivity index (χ2v) is 5.22. The lowest BCUT2D eigenvalue weighted by atomic mass is 10.2. The molecule has 1 aromatic carbocycles. The Hall–Kier alpha value is -1.05. The summed E-state index contributed by atoms with van der Waals surface area (Å²) in [6.45, 7) is 2.35. The number of hydrogen-bond acceptors (Lipinski definition) is 4. The van der Waals surface area contributed by atoms with Crippen molar-refractivity contribution in [3.05, 3.63) is 33.8 Å². The van der Waals surface area contributed by atoms with Gasteiger partial charge in [0.15, 0.2) is 0 Å². The van der Waals surface area contributed by atoms with Gasteiger partial charge in [0.2, 0.25) is 5.91 Å². The summed E-state index contributed by atoms with van der Waals surface area (Å²) in [7, 11) is 1.63. The van der Waals surface area contributed by atoms with Crippen molar-refractivity contribution < 1.29 is 14.3 Å². The smallest absolute Gasteiger partial charge is 0.251 e. The Morgan fingerprint density at radius 1 is 1.09 bits per heavy atom. The number of amides is 2. The molecule has 0 bridgehead atoms. The number of halogens is 3. The lowest BCUT2D eigenvalue weighted by Gasteiger charge is -2.08. The molecule has 0 aromatic heterocycles. The molecule has 130 valence electrons. The summed E-state index contributed by atoms with van der Waals surface area (Å²) in [6.07, 6.45) is 0. The van der Waals surface area contributed by atoms with Crippen molar-refractivity contribution in [1.82, 2.24) is 16.0 Å². The van der Waals surface area contributed by atoms with Crippen LogP contribution in [0.1, 0.15) is 10.4 Å². The molecule has 0 atom stereocenters. The van der Waals surface area contributed by atoms with Crippen molar-refractivity contribution in [1.29, 1.82) is 0 Å². The summed E-state index contributed by atoms with van der Waals surface area (Å²) in [5.74, 6) is -0.645. The molecule has 0 radical (unpaired) electrons. The predicted molar refractivity (Wildman–Crippen MR) is 93.8 cm³/mol. The SMILES string of the molecule is COCCNCCNC(=O)CNC(=O)c1ccc(Cl)c(Cl)c1.Cl. The maximum atomic E-state index is 11.8. The normalized spacial score (nSPS) is 9.87. The molecule has 0 heterocycles. The number of carbonyl (C=O) groups is 2. The molecule has 0 unspecified atom stereocenters. The fourth-order valence-electron chi connectivity index (χ4n) is 1.55. The standard InChI is InChI=1S/C14H19Cl2N3O3.ClH/c1-22-7-6-17-4-5-18-13(20)9-19-14(21)10-2-3-11(15)12(16)8-10;/h2-3,8,17H,4-7,9H2,1H3,(H,18,20)(H,19,21);1H. The summed E-state index contributed by atoms with van der Waals surface area (Å²) in [6, 6.07) is 4.53. The Morgan fingerprint density at radius 2 is 1.83 bits per heavy atom. The number of benzene rings is 1. The van der Waals surface area contributed by atoms with Gasteiger partial charge in [-0.25, -0.2) is 0 Å². The molecule has 9 heteroatoms. The van der Waals surface area contributed by atoms with Crippen LogP contribution >= 0.6 is 35.6 Å². The fourth-order valence-corrected chi connectivity index (χ4v) is 1.85. The number of methoxy groups -OCH3 is 1. The average Bonchev–Trinajstić information content (AvgIpc) is 2.51. The first-order valence-electron chi connectivity index (χ1n) is 6.74. The topological polar surface area (TPSA) is 79.5 Å². The van der Waals surface area contributed by atoms with Crippen molar-refractivity contribution in [3.8, 4) is 0 Å². The second-order valence-electron chi connectivity index (χ2n) is 4.40. The number of rotatable bonds is 9. The van der Waals surface area contributed by atoms with Crippen LogP contribution < -0.4 is 16.0 Å². The first-order valence-corrected chi connectivity index (χ1v) is 7.49. The third-order valence-corrected chi connectivity index (χ3v) is 3.44. The van der Waals surface area contributed by atoms with E-state index in [2.05, 4.69) is 16.0 Å². The Bertz CT molecular complexity index is 515. The monoisotopic (exact) mass is 383 g/mol. The molecule has 0 saturated heterocycles. The van der Waals surface area contributed by atoms with Gasteiger partial charge in [0.1, 0.15) is 0 Å². The second kappa shape index (κ2) is 12.4. The lowest BCUT2D eigenvalue weighted by molar-refractivity contribution is -0.120. The van der Waals surface area contributed by atoms with Crippen LogP contribution in [0.5, 0.6) is 0 Å². The highest BCUT2D eigenvalue weighted by atomic mass is 35.5. The van der Waals surface area contributed by atoms with Crippen LogP contribution in [0.3, 0.4) is 0 Å². The van der Waals surface area contributed by atoms with Gasteiger partial charge in [0, 0.05) is 32.3 Å². The van der Waals surface area contributed by atoms with E-state index in [-0.39, 0.29) is 30.8 Å². The first-order chi connectivity index (χ1) is 10.5. The zero-order valence-electron chi connectivity index (χ0n) is 12.7. The summed E-state index contributed by atoms with van der Waals surface area (Å²) in [5.41, 5.74) is 0.350. The zero-order chi connectivity index (χ0) is 16.4. The van der Waals surface area contributed by atoms with E-state index in [0.29, 0.717) is 35.3 Å². The molecule has 0 aliphatic heterocycles.